The van der Waals surface area contributed by atoms with Crippen molar-refractivity contribution in [3.63, 3.8) is 0 Å². The lowest BCUT2D eigenvalue weighted by atomic mass is 10.1. The summed E-state index contributed by atoms with van der Waals surface area (Å²) in [5, 5.41) is 4.13. The molecule has 0 atom stereocenters. The van der Waals surface area contributed by atoms with Crippen molar-refractivity contribution in [2.45, 2.75) is 25.7 Å². The third kappa shape index (κ3) is 4.74. The topological polar surface area (TPSA) is 82.2 Å². The maximum absolute atomic E-state index is 12.1. The molecule has 2 aliphatic rings. The molecule has 7 nitrogen and oxygen atoms in total. The lowest BCUT2D eigenvalue weighted by Crippen LogP contribution is -3.14. The number of carbonyl (C=O) groups excluding carboxylic acids is 1. The van der Waals surface area contributed by atoms with Gasteiger partial charge in [0.05, 0.1) is 24.8 Å². The molecule has 1 fully saturated rings. The summed E-state index contributed by atoms with van der Waals surface area (Å²) in [6.45, 7) is 5.16. The van der Waals surface area contributed by atoms with E-state index < -0.39 is 0 Å². The van der Waals surface area contributed by atoms with E-state index in [-0.39, 0.29) is 18.1 Å². The fraction of sp³-hybridized carbons (Fsp3) is 0.524. The zero-order valence-electron chi connectivity index (χ0n) is 16.4. The van der Waals surface area contributed by atoms with E-state index in [2.05, 4.69) is 5.32 Å². The normalized spacial score (nSPS) is 16.7. The van der Waals surface area contributed by atoms with E-state index in [1.54, 1.807) is 12.1 Å². The van der Waals surface area contributed by atoms with Crippen LogP contribution in [-0.4, -0.2) is 51.9 Å². The minimum absolute atomic E-state index is 0.134. The summed E-state index contributed by atoms with van der Waals surface area (Å²) in [6, 6.07) is 3.37. The molecule has 2 heterocycles. The highest BCUT2D eigenvalue weighted by atomic mass is 35.5. The Labute approximate surface area is 173 Å². The third-order valence-electron chi connectivity index (χ3n) is 5.61. The summed E-state index contributed by atoms with van der Waals surface area (Å²) in [5.41, 5.74) is 1.92. The van der Waals surface area contributed by atoms with Gasteiger partial charge in [-0.25, -0.2) is 4.79 Å². The average Bonchev–Trinajstić information content (AvgIpc) is 3.22. The van der Waals surface area contributed by atoms with Crippen molar-refractivity contribution >= 4 is 28.5 Å². The molecule has 2 N–H and O–H groups in total. The number of amides is 1. The first kappa shape index (κ1) is 20.2. The van der Waals surface area contributed by atoms with Gasteiger partial charge in [0.1, 0.15) is 24.4 Å². The van der Waals surface area contributed by atoms with Crippen LogP contribution in [-0.2, 0) is 22.4 Å². The predicted molar refractivity (Wildman–Crippen MR) is 109 cm³/mol. The quantitative estimate of drug-likeness (QED) is 0.509. The first-order valence-corrected chi connectivity index (χ1v) is 10.6. The van der Waals surface area contributed by atoms with Gasteiger partial charge in [0.2, 0.25) is 0 Å². The van der Waals surface area contributed by atoms with Crippen LogP contribution in [0.2, 0.25) is 5.02 Å². The molecule has 0 unspecified atom stereocenters. The van der Waals surface area contributed by atoms with E-state index in [1.165, 1.54) is 4.90 Å². The van der Waals surface area contributed by atoms with E-state index in [4.69, 9.17) is 25.5 Å². The second-order valence-corrected chi connectivity index (χ2v) is 7.99. The Morgan fingerprint density at radius 1 is 1.21 bits per heavy atom. The highest BCUT2D eigenvalue weighted by molar-refractivity contribution is 6.32. The van der Waals surface area contributed by atoms with Gasteiger partial charge in [-0.1, -0.05) is 11.6 Å². The largest absolute Gasteiger partial charge is 0.482 e. The van der Waals surface area contributed by atoms with Crippen molar-refractivity contribution in [1.82, 2.24) is 5.32 Å². The van der Waals surface area contributed by atoms with E-state index in [0.29, 0.717) is 22.9 Å². The van der Waals surface area contributed by atoms with Gasteiger partial charge >= 0.3 is 5.63 Å². The number of fused-ring (bicyclic) bond motifs is 3. The average molecular weight is 422 g/mol. The van der Waals surface area contributed by atoms with Gasteiger partial charge in [-0.2, -0.15) is 0 Å². The number of nitrogens with one attached hydrogen (secondary N) is 2. The summed E-state index contributed by atoms with van der Waals surface area (Å²) >= 11 is 6.35. The predicted octanol–water partition coefficient (Wildman–Crippen LogP) is 0.735. The maximum atomic E-state index is 12.1. The highest BCUT2D eigenvalue weighted by Crippen LogP contribution is 2.34. The molecule has 1 aliphatic carbocycles. The van der Waals surface area contributed by atoms with Crippen LogP contribution in [0.4, 0.5) is 0 Å². The molecule has 0 bridgehead atoms. The lowest BCUT2D eigenvalue weighted by molar-refractivity contribution is -0.908. The lowest BCUT2D eigenvalue weighted by Gasteiger charge is -2.23. The summed E-state index contributed by atoms with van der Waals surface area (Å²) in [4.78, 5) is 25.7. The number of halogens is 1. The zero-order valence-corrected chi connectivity index (χ0v) is 17.1. The van der Waals surface area contributed by atoms with Crippen LogP contribution in [0.3, 0.4) is 0 Å². The minimum Gasteiger partial charge on any atom is -0.482 e. The Balaban J connectivity index is 1.31. The van der Waals surface area contributed by atoms with Gasteiger partial charge in [0, 0.05) is 30.0 Å². The Kier molecular flexibility index (Phi) is 6.37. The van der Waals surface area contributed by atoms with Gasteiger partial charge in [0.25, 0.3) is 5.91 Å². The van der Waals surface area contributed by atoms with Crippen LogP contribution in [0.1, 0.15) is 24.0 Å². The monoisotopic (exact) mass is 421 g/mol. The fourth-order valence-corrected chi connectivity index (χ4v) is 4.28. The van der Waals surface area contributed by atoms with E-state index in [9.17, 15) is 9.59 Å². The van der Waals surface area contributed by atoms with Crippen molar-refractivity contribution in [1.29, 1.82) is 0 Å². The van der Waals surface area contributed by atoms with Gasteiger partial charge in [0.15, 0.2) is 6.61 Å². The van der Waals surface area contributed by atoms with Crippen molar-refractivity contribution in [3.8, 4) is 5.75 Å². The molecule has 1 aromatic heterocycles. The number of rotatable bonds is 7. The first-order valence-electron chi connectivity index (χ1n) is 10.2. The smallest absolute Gasteiger partial charge is 0.339 e. The van der Waals surface area contributed by atoms with Crippen LogP contribution >= 0.6 is 11.6 Å². The Hall–Kier alpha value is -2.09. The fourth-order valence-electron chi connectivity index (χ4n) is 4.06. The number of quaternary nitrogens is 1. The molecule has 0 saturated carbocycles. The minimum atomic E-state index is -0.293. The van der Waals surface area contributed by atoms with Gasteiger partial charge in [-0.05, 0) is 30.9 Å². The second kappa shape index (κ2) is 9.15. The van der Waals surface area contributed by atoms with Crippen LogP contribution in [0.25, 0.3) is 11.0 Å². The molecular weight excluding hydrogens is 396 g/mol. The van der Waals surface area contributed by atoms with E-state index >= 15 is 0 Å². The molecule has 8 heteroatoms. The molecule has 0 spiro atoms. The number of aryl methyl sites for hydroxylation is 1. The molecule has 29 heavy (non-hydrogen) atoms. The molecule has 156 valence electrons. The molecule has 1 amide bonds. The molecule has 1 saturated heterocycles. The van der Waals surface area contributed by atoms with Crippen LogP contribution in [0.5, 0.6) is 5.75 Å². The van der Waals surface area contributed by atoms with E-state index in [1.807, 2.05) is 0 Å². The van der Waals surface area contributed by atoms with Crippen LogP contribution in [0, 0.1) is 0 Å². The number of hydrogen-bond acceptors (Lipinski definition) is 5. The van der Waals surface area contributed by atoms with Crippen molar-refractivity contribution in [2.75, 3.05) is 46.0 Å². The molecule has 1 aromatic carbocycles. The van der Waals surface area contributed by atoms with Crippen LogP contribution < -0.4 is 20.6 Å². The van der Waals surface area contributed by atoms with E-state index in [0.717, 1.165) is 75.0 Å². The van der Waals surface area contributed by atoms with Gasteiger partial charge in [-0.3, -0.25) is 4.79 Å². The molecular formula is C21H26ClN2O5+. The molecule has 1 aliphatic heterocycles. The number of ether oxygens (including phenoxy) is 2. The number of benzene rings is 1. The van der Waals surface area contributed by atoms with Crippen molar-refractivity contribution in [3.05, 3.63) is 38.7 Å². The Bertz CT molecular complexity index is 952. The number of carbonyl (C=O) groups is 1. The Morgan fingerprint density at radius 3 is 2.83 bits per heavy atom. The second-order valence-electron chi connectivity index (χ2n) is 7.58. The Morgan fingerprint density at radius 2 is 2.00 bits per heavy atom. The summed E-state index contributed by atoms with van der Waals surface area (Å²) < 4.78 is 16.4. The number of morpholine rings is 1. The highest BCUT2D eigenvalue weighted by Gasteiger charge is 2.21. The number of hydrogen-bond donors (Lipinski definition) is 2. The zero-order chi connectivity index (χ0) is 20.2. The summed E-state index contributed by atoms with van der Waals surface area (Å²) in [6.07, 6.45) is 3.45. The molecule has 0 radical (unpaired) electrons. The standard InChI is InChI=1S/C21H25ClN2O5/c22-17-11-16-14-3-1-4-15(14)21(26)29-18(16)12-19(17)28-13-20(25)23-5-2-6-24-7-9-27-10-8-24/h11-12H,1-10,13H2,(H,23,25)/p+1. The third-order valence-corrected chi connectivity index (χ3v) is 5.91. The molecule has 4 rings (SSSR count). The first-order chi connectivity index (χ1) is 14.1. The summed E-state index contributed by atoms with van der Waals surface area (Å²) in [7, 11) is 0. The maximum Gasteiger partial charge on any atom is 0.339 e. The van der Waals surface area contributed by atoms with Crippen LogP contribution in [0.15, 0.2) is 21.3 Å². The van der Waals surface area contributed by atoms with Gasteiger partial charge < -0.3 is 24.1 Å². The molecule has 2 aromatic rings. The SMILES string of the molecule is O=C(COc1cc2oc(=O)c3c(c2cc1Cl)CCC3)NCCC[NH+]1CCOCC1. The van der Waals surface area contributed by atoms with Crippen molar-refractivity contribution in [2.24, 2.45) is 0 Å². The van der Waals surface area contributed by atoms with Crippen molar-refractivity contribution < 1.29 is 23.6 Å². The summed E-state index contributed by atoms with van der Waals surface area (Å²) in [5.74, 6) is 0.140. The van der Waals surface area contributed by atoms with Gasteiger partial charge in [-0.15, -0.1) is 0 Å².